The molecule has 5 heteroatoms. The number of nitrogens with zero attached hydrogens (tertiary/aromatic N) is 1. The number of ether oxygens (including phenoxy) is 1. The van der Waals surface area contributed by atoms with Crippen LogP contribution in [0.4, 0.5) is 5.69 Å². The van der Waals surface area contributed by atoms with Crippen molar-refractivity contribution < 1.29 is 14.3 Å². The second kappa shape index (κ2) is 8.15. The molecule has 24 heavy (non-hydrogen) atoms. The molecule has 0 radical (unpaired) electrons. The smallest absolute Gasteiger partial charge is 0.253 e. The van der Waals surface area contributed by atoms with Crippen LogP contribution < -0.4 is 10.1 Å². The van der Waals surface area contributed by atoms with Gasteiger partial charge in [0.1, 0.15) is 5.75 Å². The average Bonchev–Trinajstić information content (AvgIpc) is 2.56. The normalized spacial score (nSPS) is 10.1. The van der Waals surface area contributed by atoms with E-state index in [1.54, 1.807) is 38.4 Å². The van der Waals surface area contributed by atoms with Gasteiger partial charge in [-0.1, -0.05) is 18.2 Å². The number of amides is 2. The molecule has 2 rings (SSSR count). The predicted octanol–water partition coefficient (Wildman–Crippen LogP) is 2.97. The molecule has 0 aromatic heterocycles. The summed E-state index contributed by atoms with van der Waals surface area (Å²) in [7, 11) is 3.39. The maximum absolute atomic E-state index is 12.2. The topological polar surface area (TPSA) is 58.6 Å². The van der Waals surface area contributed by atoms with Crippen molar-refractivity contribution in [2.24, 2.45) is 0 Å². The van der Waals surface area contributed by atoms with Crippen LogP contribution in [-0.4, -0.2) is 37.4 Å². The minimum absolute atomic E-state index is 0.0994. The molecule has 0 aliphatic heterocycles. The number of hydrogen-bond donors (Lipinski definition) is 1. The Balaban J connectivity index is 1.99. The van der Waals surface area contributed by atoms with E-state index < -0.39 is 0 Å². The summed E-state index contributed by atoms with van der Waals surface area (Å²) in [5, 5.41) is 2.82. The van der Waals surface area contributed by atoms with E-state index in [-0.39, 0.29) is 18.2 Å². The van der Waals surface area contributed by atoms with E-state index in [1.807, 2.05) is 31.2 Å². The summed E-state index contributed by atoms with van der Waals surface area (Å²) < 4.78 is 5.38. The average molecular weight is 326 g/mol. The monoisotopic (exact) mass is 326 g/mol. The van der Waals surface area contributed by atoms with E-state index in [9.17, 15) is 9.59 Å². The highest BCUT2D eigenvalue weighted by Crippen LogP contribution is 2.15. The fraction of sp³-hybridized carbons (Fsp3) is 0.263. The molecular formula is C19H22N2O3. The fourth-order valence-electron chi connectivity index (χ4n) is 2.25. The molecule has 0 saturated heterocycles. The molecule has 0 unspecified atom stereocenters. The van der Waals surface area contributed by atoms with E-state index >= 15 is 0 Å². The van der Waals surface area contributed by atoms with Crippen LogP contribution in [0.15, 0.2) is 48.5 Å². The lowest BCUT2D eigenvalue weighted by atomic mass is 10.1. The van der Waals surface area contributed by atoms with Gasteiger partial charge in [0.05, 0.1) is 13.0 Å². The van der Waals surface area contributed by atoms with Crippen molar-refractivity contribution in [1.29, 1.82) is 0 Å². The van der Waals surface area contributed by atoms with Gasteiger partial charge in [0.15, 0.2) is 0 Å². The molecule has 2 aromatic carbocycles. The van der Waals surface area contributed by atoms with Crippen LogP contribution in [0.25, 0.3) is 0 Å². The van der Waals surface area contributed by atoms with Gasteiger partial charge in [0.25, 0.3) is 5.91 Å². The summed E-state index contributed by atoms with van der Waals surface area (Å²) in [6.07, 6.45) is 0.262. The lowest BCUT2D eigenvalue weighted by Crippen LogP contribution is -2.22. The van der Waals surface area contributed by atoms with Crippen LogP contribution in [0.1, 0.15) is 22.8 Å². The number of nitrogens with one attached hydrogen (secondary N) is 1. The summed E-state index contributed by atoms with van der Waals surface area (Å²) in [5.41, 5.74) is 2.05. The van der Waals surface area contributed by atoms with E-state index in [1.165, 1.54) is 4.90 Å². The number of hydrogen-bond acceptors (Lipinski definition) is 3. The van der Waals surface area contributed by atoms with E-state index in [0.29, 0.717) is 17.9 Å². The van der Waals surface area contributed by atoms with Gasteiger partial charge >= 0.3 is 0 Å². The van der Waals surface area contributed by atoms with Crippen LogP contribution in [-0.2, 0) is 11.2 Å². The van der Waals surface area contributed by atoms with Crippen molar-refractivity contribution >= 4 is 17.5 Å². The molecule has 0 bridgehead atoms. The molecule has 1 N–H and O–H groups in total. The first kappa shape index (κ1) is 17.5. The molecule has 0 fully saturated rings. The third-order valence-electron chi connectivity index (χ3n) is 3.40. The van der Waals surface area contributed by atoms with Crippen molar-refractivity contribution in [1.82, 2.24) is 4.90 Å². The number of carbonyl (C=O) groups excluding carboxylic acids is 2. The van der Waals surface area contributed by atoms with Gasteiger partial charge in [-0.05, 0) is 42.8 Å². The third kappa shape index (κ3) is 4.84. The zero-order chi connectivity index (χ0) is 17.5. The maximum atomic E-state index is 12.2. The molecule has 0 heterocycles. The Bertz CT molecular complexity index is 709. The van der Waals surface area contributed by atoms with E-state index in [0.717, 1.165) is 11.3 Å². The van der Waals surface area contributed by atoms with Gasteiger partial charge in [0.2, 0.25) is 5.91 Å². The molecule has 2 amide bonds. The number of anilines is 1. The lowest BCUT2D eigenvalue weighted by Gasteiger charge is -2.12. The van der Waals surface area contributed by atoms with Gasteiger partial charge in [-0.2, -0.15) is 0 Å². The second-order valence-electron chi connectivity index (χ2n) is 5.58. The minimum atomic E-state index is -0.131. The SMILES string of the molecule is CCOc1ccc(CC(=O)Nc2cccc(C(=O)N(C)C)c2)cc1. The van der Waals surface area contributed by atoms with Crippen molar-refractivity contribution in [2.45, 2.75) is 13.3 Å². The molecule has 0 spiro atoms. The Morgan fingerprint density at radius 2 is 1.79 bits per heavy atom. The molecular weight excluding hydrogens is 304 g/mol. The quantitative estimate of drug-likeness (QED) is 0.888. The van der Waals surface area contributed by atoms with Crippen molar-refractivity contribution in [3.05, 3.63) is 59.7 Å². The summed E-state index contributed by atoms with van der Waals surface area (Å²) >= 11 is 0. The van der Waals surface area contributed by atoms with Crippen LogP contribution in [0.3, 0.4) is 0 Å². The van der Waals surface area contributed by atoms with Crippen LogP contribution in [0.5, 0.6) is 5.75 Å². The Morgan fingerprint density at radius 3 is 2.42 bits per heavy atom. The molecule has 126 valence electrons. The molecule has 5 nitrogen and oxygen atoms in total. The number of carbonyl (C=O) groups is 2. The van der Waals surface area contributed by atoms with Crippen molar-refractivity contribution in [3.63, 3.8) is 0 Å². The van der Waals surface area contributed by atoms with Gasteiger partial charge in [-0.25, -0.2) is 0 Å². The third-order valence-corrected chi connectivity index (χ3v) is 3.40. The number of rotatable bonds is 6. The summed E-state index contributed by atoms with van der Waals surface area (Å²) in [6.45, 7) is 2.54. The minimum Gasteiger partial charge on any atom is -0.494 e. The zero-order valence-corrected chi connectivity index (χ0v) is 14.2. The van der Waals surface area contributed by atoms with E-state index in [2.05, 4.69) is 5.32 Å². The van der Waals surface area contributed by atoms with Gasteiger partial charge in [-0.15, -0.1) is 0 Å². The highest BCUT2D eigenvalue weighted by atomic mass is 16.5. The first-order valence-electron chi connectivity index (χ1n) is 7.83. The van der Waals surface area contributed by atoms with E-state index in [4.69, 9.17) is 4.74 Å². The van der Waals surface area contributed by atoms with Crippen molar-refractivity contribution in [2.75, 3.05) is 26.0 Å². The molecule has 0 aliphatic rings. The predicted molar refractivity (Wildman–Crippen MR) is 94.4 cm³/mol. The molecule has 2 aromatic rings. The van der Waals surface area contributed by atoms with Gasteiger partial charge in [0, 0.05) is 25.3 Å². The first-order valence-corrected chi connectivity index (χ1v) is 7.83. The Hall–Kier alpha value is -2.82. The van der Waals surface area contributed by atoms with Crippen LogP contribution in [0, 0.1) is 0 Å². The van der Waals surface area contributed by atoms with Crippen LogP contribution in [0.2, 0.25) is 0 Å². The zero-order valence-electron chi connectivity index (χ0n) is 14.2. The summed E-state index contributed by atoms with van der Waals surface area (Å²) in [6, 6.07) is 14.4. The summed E-state index contributed by atoms with van der Waals surface area (Å²) in [4.78, 5) is 25.6. The highest BCUT2D eigenvalue weighted by molar-refractivity contribution is 5.97. The van der Waals surface area contributed by atoms with Gasteiger partial charge < -0.3 is 15.0 Å². The molecule has 0 saturated carbocycles. The highest BCUT2D eigenvalue weighted by Gasteiger charge is 2.10. The Morgan fingerprint density at radius 1 is 1.08 bits per heavy atom. The second-order valence-corrected chi connectivity index (χ2v) is 5.58. The first-order chi connectivity index (χ1) is 11.5. The maximum Gasteiger partial charge on any atom is 0.253 e. The standard InChI is InChI=1S/C19H22N2O3/c1-4-24-17-10-8-14(9-11-17)12-18(22)20-16-7-5-6-15(13-16)19(23)21(2)3/h5-11,13H,4,12H2,1-3H3,(H,20,22). The lowest BCUT2D eigenvalue weighted by molar-refractivity contribution is -0.115. The molecule has 0 aliphatic carbocycles. The van der Waals surface area contributed by atoms with Crippen LogP contribution >= 0.6 is 0 Å². The Kier molecular flexibility index (Phi) is 5.95. The summed E-state index contributed by atoms with van der Waals surface area (Å²) in [5.74, 6) is 0.558. The van der Waals surface area contributed by atoms with Gasteiger partial charge in [-0.3, -0.25) is 9.59 Å². The largest absolute Gasteiger partial charge is 0.494 e. The Labute approximate surface area is 142 Å². The fourth-order valence-corrected chi connectivity index (χ4v) is 2.25. The molecule has 0 atom stereocenters. The van der Waals surface area contributed by atoms with Crippen molar-refractivity contribution in [3.8, 4) is 5.75 Å². The number of benzene rings is 2.